The Morgan fingerprint density at radius 2 is 2.08 bits per heavy atom. The second-order valence-electron chi connectivity index (χ2n) is 6.87. The standard InChI is InChI=1S/C19H29FN2O2/c1-15(2)12-18(22-8-10-24-11-9-22)14-21-19(23)7-6-16-4-3-5-17(20)13-16/h3-5,13,15,18H,6-12,14H2,1-2H3,(H,21,23). The van der Waals surface area contributed by atoms with Crippen molar-refractivity contribution in [2.24, 2.45) is 5.92 Å². The largest absolute Gasteiger partial charge is 0.379 e. The lowest BCUT2D eigenvalue weighted by Gasteiger charge is -2.35. The first kappa shape index (κ1) is 18.9. The fourth-order valence-corrected chi connectivity index (χ4v) is 3.12. The van der Waals surface area contributed by atoms with E-state index >= 15 is 0 Å². The molecule has 1 amide bonds. The van der Waals surface area contributed by atoms with Crippen LogP contribution in [0.5, 0.6) is 0 Å². The van der Waals surface area contributed by atoms with Crippen LogP contribution in [0.3, 0.4) is 0 Å². The van der Waals surface area contributed by atoms with Gasteiger partial charge in [-0.3, -0.25) is 9.69 Å². The van der Waals surface area contributed by atoms with Crippen LogP contribution in [0.4, 0.5) is 4.39 Å². The average molecular weight is 336 g/mol. The Balaban J connectivity index is 1.78. The summed E-state index contributed by atoms with van der Waals surface area (Å²) in [6, 6.07) is 6.79. The lowest BCUT2D eigenvalue weighted by atomic mass is 10.0. The predicted octanol–water partition coefficient (Wildman–Crippen LogP) is 2.62. The predicted molar refractivity (Wildman–Crippen MR) is 93.4 cm³/mol. The van der Waals surface area contributed by atoms with Gasteiger partial charge in [0.1, 0.15) is 5.82 Å². The smallest absolute Gasteiger partial charge is 0.220 e. The van der Waals surface area contributed by atoms with E-state index in [1.165, 1.54) is 12.1 Å². The van der Waals surface area contributed by atoms with Crippen LogP contribution in [-0.2, 0) is 16.0 Å². The third kappa shape index (κ3) is 6.57. The minimum atomic E-state index is -0.253. The van der Waals surface area contributed by atoms with Gasteiger partial charge in [-0.25, -0.2) is 4.39 Å². The number of rotatable bonds is 8. The minimum Gasteiger partial charge on any atom is -0.379 e. The van der Waals surface area contributed by atoms with Gasteiger partial charge >= 0.3 is 0 Å². The Kier molecular flexibility index (Phi) is 7.66. The van der Waals surface area contributed by atoms with E-state index in [0.717, 1.165) is 38.3 Å². The van der Waals surface area contributed by atoms with E-state index in [1.54, 1.807) is 6.07 Å². The van der Waals surface area contributed by atoms with Crippen molar-refractivity contribution in [1.82, 2.24) is 10.2 Å². The number of nitrogens with one attached hydrogen (secondary N) is 1. The summed E-state index contributed by atoms with van der Waals surface area (Å²) in [5.74, 6) is 0.362. The molecule has 0 radical (unpaired) electrons. The molecule has 1 heterocycles. The summed E-state index contributed by atoms with van der Waals surface area (Å²) in [5.41, 5.74) is 0.858. The number of aryl methyl sites for hydroxylation is 1. The molecule has 0 bridgehead atoms. The molecule has 1 atom stereocenters. The lowest BCUT2D eigenvalue weighted by Crippen LogP contribution is -2.49. The van der Waals surface area contributed by atoms with Gasteiger partial charge in [0, 0.05) is 32.1 Å². The summed E-state index contributed by atoms with van der Waals surface area (Å²) in [6.45, 7) is 8.47. The quantitative estimate of drug-likeness (QED) is 0.793. The minimum absolute atomic E-state index is 0.0290. The van der Waals surface area contributed by atoms with Crippen LogP contribution in [0.15, 0.2) is 24.3 Å². The van der Waals surface area contributed by atoms with E-state index in [1.807, 2.05) is 6.07 Å². The number of carbonyl (C=O) groups is 1. The van der Waals surface area contributed by atoms with Gasteiger partial charge in [0.2, 0.25) is 5.91 Å². The number of hydrogen-bond donors (Lipinski definition) is 1. The molecule has 0 saturated carbocycles. The van der Waals surface area contributed by atoms with Crippen LogP contribution in [0, 0.1) is 11.7 Å². The molecule has 0 aromatic heterocycles. The summed E-state index contributed by atoms with van der Waals surface area (Å²) >= 11 is 0. The molecule has 0 aliphatic carbocycles. The molecule has 1 fully saturated rings. The Labute approximate surface area is 144 Å². The van der Waals surface area contributed by atoms with Crippen LogP contribution in [-0.4, -0.2) is 49.7 Å². The molecule has 1 aromatic carbocycles. The van der Waals surface area contributed by atoms with E-state index in [-0.39, 0.29) is 11.7 Å². The maximum Gasteiger partial charge on any atom is 0.220 e. The molecular weight excluding hydrogens is 307 g/mol. The summed E-state index contributed by atoms with van der Waals surface area (Å²) in [5, 5.41) is 3.06. The Morgan fingerprint density at radius 3 is 2.75 bits per heavy atom. The van der Waals surface area contributed by atoms with Gasteiger partial charge < -0.3 is 10.1 Å². The Bertz CT molecular complexity index is 516. The highest BCUT2D eigenvalue weighted by atomic mass is 19.1. The number of benzene rings is 1. The number of carbonyl (C=O) groups excluding carboxylic acids is 1. The normalized spacial score (nSPS) is 17.0. The molecule has 1 unspecified atom stereocenters. The van der Waals surface area contributed by atoms with E-state index in [4.69, 9.17) is 4.74 Å². The average Bonchev–Trinajstić information content (AvgIpc) is 2.57. The Hall–Kier alpha value is -1.46. The summed E-state index contributed by atoms with van der Waals surface area (Å²) in [6.07, 6.45) is 2.02. The molecule has 4 nitrogen and oxygen atoms in total. The molecule has 1 aromatic rings. The maximum absolute atomic E-state index is 13.2. The highest BCUT2D eigenvalue weighted by Crippen LogP contribution is 2.13. The van der Waals surface area contributed by atoms with Crippen molar-refractivity contribution in [1.29, 1.82) is 0 Å². The van der Waals surface area contributed by atoms with Crippen molar-refractivity contribution in [3.05, 3.63) is 35.6 Å². The first-order chi connectivity index (χ1) is 11.5. The van der Waals surface area contributed by atoms with Crippen molar-refractivity contribution in [2.75, 3.05) is 32.8 Å². The van der Waals surface area contributed by atoms with Crippen LogP contribution in [0.25, 0.3) is 0 Å². The summed E-state index contributed by atoms with van der Waals surface area (Å²) < 4.78 is 18.6. The topological polar surface area (TPSA) is 41.6 Å². The van der Waals surface area contributed by atoms with Crippen LogP contribution >= 0.6 is 0 Å². The molecule has 1 aliphatic rings. The van der Waals surface area contributed by atoms with Crippen LogP contribution in [0.1, 0.15) is 32.3 Å². The molecule has 24 heavy (non-hydrogen) atoms. The number of amides is 1. The van der Waals surface area contributed by atoms with Crippen LogP contribution in [0.2, 0.25) is 0 Å². The number of hydrogen-bond acceptors (Lipinski definition) is 3. The van der Waals surface area contributed by atoms with Gasteiger partial charge in [-0.1, -0.05) is 26.0 Å². The van der Waals surface area contributed by atoms with E-state index in [2.05, 4.69) is 24.1 Å². The lowest BCUT2D eigenvalue weighted by molar-refractivity contribution is -0.121. The summed E-state index contributed by atoms with van der Waals surface area (Å²) in [7, 11) is 0. The number of morpholine rings is 1. The van der Waals surface area contributed by atoms with Crippen molar-refractivity contribution >= 4 is 5.91 Å². The monoisotopic (exact) mass is 336 g/mol. The molecule has 1 saturated heterocycles. The highest BCUT2D eigenvalue weighted by Gasteiger charge is 2.22. The first-order valence-electron chi connectivity index (χ1n) is 8.87. The van der Waals surface area contributed by atoms with Crippen molar-refractivity contribution in [3.8, 4) is 0 Å². The number of ether oxygens (including phenoxy) is 1. The zero-order chi connectivity index (χ0) is 17.4. The fourth-order valence-electron chi connectivity index (χ4n) is 3.12. The zero-order valence-electron chi connectivity index (χ0n) is 14.8. The number of halogens is 1. The molecule has 2 rings (SSSR count). The van der Waals surface area contributed by atoms with E-state index in [0.29, 0.717) is 31.3 Å². The summed E-state index contributed by atoms with van der Waals surface area (Å²) in [4.78, 5) is 14.5. The SMILES string of the molecule is CC(C)CC(CNC(=O)CCc1cccc(F)c1)N1CCOCC1. The molecule has 1 N–H and O–H groups in total. The maximum atomic E-state index is 13.2. The van der Waals surface area contributed by atoms with Gasteiger partial charge in [0.15, 0.2) is 0 Å². The molecule has 1 aliphatic heterocycles. The second-order valence-corrected chi connectivity index (χ2v) is 6.87. The first-order valence-corrected chi connectivity index (χ1v) is 8.87. The third-order valence-electron chi connectivity index (χ3n) is 4.37. The Morgan fingerprint density at radius 1 is 1.33 bits per heavy atom. The van der Waals surface area contributed by atoms with Crippen LogP contribution < -0.4 is 5.32 Å². The van der Waals surface area contributed by atoms with Gasteiger partial charge in [0.25, 0.3) is 0 Å². The van der Waals surface area contributed by atoms with Crippen molar-refractivity contribution in [3.63, 3.8) is 0 Å². The van der Waals surface area contributed by atoms with E-state index < -0.39 is 0 Å². The van der Waals surface area contributed by atoms with Crippen molar-refractivity contribution < 1.29 is 13.9 Å². The fraction of sp³-hybridized carbons (Fsp3) is 0.632. The zero-order valence-corrected chi connectivity index (χ0v) is 14.8. The van der Waals surface area contributed by atoms with Crippen molar-refractivity contribution in [2.45, 2.75) is 39.2 Å². The highest BCUT2D eigenvalue weighted by molar-refractivity contribution is 5.76. The van der Waals surface area contributed by atoms with Gasteiger partial charge in [-0.2, -0.15) is 0 Å². The second kappa shape index (κ2) is 9.74. The van der Waals surface area contributed by atoms with E-state index in [9.17, 15) is 9.18 Å². The molecular formula is C19H29FN2O2. The molecule has 5 heteroatoms. The molecule has 0 spiro atoms. The third-order valence-corrected chi connectivity index (χ3v) is 4.37. The van der Waals surface area contributed by atoms with Gasteiger partial charge in [0.05, 0.1) is 13.2 Å². The van der Waals surface area contributed by atoms with Gasteiger partial charge in [-0.05, 0) is 36.5 Å². The number of nitrogens with zero attached hydrogens (tertiary/aromatic N) is 1. The van der Waals surface area contributed by atoms with Gasteiger partial charge in [-0.15, -0.1) is 0 Å². The molecule has 134 valence electrons.